The Hall–Kier alpha value is -3.13. The highest BCUT2D eigenvalue weighted by atomic mass is 16.7. The van der Waals surface area contributed by atoms with Crippen LogP contribution in [0.15, 0.2) is 21.3 Å². The lowest BCUT2D eigenvalue weighted by Gasteiger charge is -2.44. The predicted octanol–water partition coefficient (Wildman–Crippen LogP) is 4.03. The molecular weight excluding hydrogens is 392 g/mol. The molecule has 0 spiro atoms. The summed E-state index contributed by atoms with van der Waals surface area (Å²) >= 11 is 0. The van der Waals surface area contributed by atoms with E-state index in [1.165, 1.54) is 21.3 Å². The summed E-state index contributed by atoms with van der Waals surface area (Å²) in [6.07, 6.45) is 1.87. The Bertz CT molecular complexity index is 1240. The van der Waals surface area contributed by atoms with Crippen LogP contribution in [0.1, 0.15) is 37.9 Å². The van der Waals surface area contributed by atoms with Crippen LogP contribution in [0.25, 0.3) is 21.9 Å². The van der Waals surface area contributed by atoms with Gasteiger partial charge in [0.25, 0.3) is 0 Å². The van der Waals surface area contributed by atoms with Gasteiger partial charge in [0, 0.05) is 13.3 Å². The number of methoxy groups -OCH3 is 3. The number of phenols is 1. The summed E-state index contributed by atoms with van der Waals surface area (Å²) in [6.45, 7) is 1.86. The van der Waals surface area contributed by atoms with Gasteiger partial charge in [0.05, 0.1) is 33.0 Å². The Kier molecular flexibility index (Phi) is 4.05. The number of ether oxygens (including phenoxy) is 5. The topological polar surface area (TPSA) is 96.6 Å². The maximum atomic E-state index is 13.6. The molecule has 0 saturated carbocycles. The minimum absolute atomic E-state index is 0.00831. The van der Waals surface area contributed by atoms with Gasteiger partial charge in [-0.15, -0.1) is 0 Å². The van der Waals surface area contributed by atoms with Gasteiger partial charge in [0.15, 0.2) is 22.8 Å². The number of benzene rings is 2. The second-order valence-corrected chi connectivity index (χ2v) is 7.67. The third-order valence-corrected chi connectivity index (χ3v) is 5.88. The smallest absolute Gasteiger partial charge is 0.208 e. The van der Waals surface area contributed by atoms with E-state index >= 15 is 0 Å². The van der Waals surface area contributed by atoms with Crippen LogP contribution in [-0.4, -0.2) is 32.2 Å². The molecular formula is C22H22O8. The summed E-state index contributed by atoms with van der Waals surface area (Å²) in [6, 6.07) is 3.27. The standard InChI is InChI=1S/C22H22O8/c1-22-9-5-6-11(29-22)14-17(24)15-16(23)13-10(7-8-12(25-2)18(13)26-3)28-19(15)21(27-4)20(14)30-22/h7-8,11,24H,5-6,9H2,1-4H3/t11-,22-/m0/s1. The van der Waals surface area contributed by atoms with E-state index in [9.17, 15) is 9.90 Å². The molecule has 0 aliphatic carbocycles. The Morgan fingerprint density at radius 2 is 1.87 bits per heavy atom. The molecule has 30 heavy (non-hydrogen) atoms. The predicted molar refractivity (Wildman–Crippen MR) is 108 cm³/mol. The number of fused-ring (bicyclic) bond motifs is 6. The number of aromatic hydroxyl groups is 1. The largest absolute Gasteiger partial charge is 0.506 e. The van der Waals surface area contributed by atoms with Gasteiger partial charge in [-0.3, -0.25) is 4.79 Å². The number of hydrogen-bond acceptors (Lipinski definition) is 8. The normalized spacial score (nSPS) is 22.5. The molecule has 1 aromatic heterocycles. The van der Waals surface area contributed by atoms with Crippen LogP contribution < -0.4 is 24.4 Å². The van der Waals surface area contributed by atoms with E-state index in [0.717, 1.165) is 6.42 Å². The summed E-state index contributed by atoms with van der Waals surface area (Å²) in [4.78, 5) is 13.6. The summed E-state index contributed by atoms with van der Waals surface area (Å²) in [7, 11) is 4.40. The van der Waals surface area contributed by atoms with Crippen LogP contribution in [0, 0.1) is 0 Å². The lowest BCUT2D eigenvalue weighted by molar-refractivity contribution is -0.243. The third-order valence-electron chi connectivity index (χ3n) is 5.88. The van der Waals surface area contributed by atoms with E-state index in [1.807, 2.05) is 6.92 Å². The Morgan fingerprint density at radius 1 is 1.10 bits per heavy atom. The van der Waals surface area contributed by atoms with Crippen molar-refractivity contribution in [3.8, 4) is 28.7 Å². The third kappa shape index (κ3) is 2.40. The maximum Gasteiger partial charge on any atom is 0.208 e. The van der Waals surface area contributed by atoms with E-state index in [4.69, 9.17) is 28.1 Å². The molecule has 2 atom stereocenters. The van der Waals surface area contributed by atoms with Crippen molar-refractivity contribution in [3.63, 3.8) is 0 Å². The van der Waals surface area contributed by atoms with Gasteiger partial charge in [0.1, 0.15) is 22.1 Å². The van der Waals surface area contributed by atoms with Crippen LogP contribution in [0.2, 0.25) is 0 Å². The number of hydrogen-bond donors (Lipinski definition) is 1. The van der Waals surface area contributed by atoms with E-state index in [1.54, 1.807) is 12.1 Å². The van der Waals surface area contributed by atoms with Gasteiger partial charge in [-0.05, 0) is 25.0 Å². The second kappa shape index (κ2) is 6.43. The molecule has 0 radical (unpaired) electrons. The van der Waals surface area contributed by atoms with Crippen molar-refractivity contribution >= 4 is 21.9 Å². The number of phenolic OH excluding ortho intramolecular Hbond substituents is 1. The summed E-state index contributed by atoms with van der Waals surface area (Å²) in [5.74, 6) is 0.180. The molecule has 2 aliphatic rings. The first-order valence-electron chi connectivity index (χ1n) is 9.73. The zero-order chi connectivity index (χ0) is 21.2. The summed E-state index contributed by atoms with van der Waals surface area (Å²) in [5.41, 5.74) is 0.345. The zero-order valence-electron chi connectivity index (χ0n) is 17.2. The molecule has 1 saturated heterocycles. The maximum absolute atomic E-state index is 13.6. The molecule has 2 aromatic carbocycles. The van der Waals surface area contributed by atoms with Gasteiger partial charge in [-0.2, -0.15) is 0 Å². The van der Waals surface area contributed by atoms with E-state index in [0.29, 0.717) is 29.9 Å². The van der Waals surface area contributed by atoms with Gasteiger partial charge in [-0.1, -0.05) is 0 Å². The lowest BCUT2D eigenvalue weighted by Crippen LogP contribution is -2.43. The average molecular weight is 414 g/mol. The molecule has 1 fully saturated rings. The highest BCUT2D eigenvalue weighted by Gasteiger charge is 2.45. The first-order valence-corrected chi connectivity index (χ1v) is 9.73. The summed E-state index contributed by atoms with van der Waals surface area (Å²) < 4.78 is 34.6. The van der Waals surface area contributed by atoms with Crippen molar-refractivity contribution in [1.82, 2.24) is 0 Å². The molecule has 1 N–H and O–H groups in total. The Labute approximate surface area is 171 Å². The average Bonchev–Trinajstić information content (AvgIpc) is 2.72. The van der Waals surface area contributed by atoms with Crippen LogP contribution in [0.5, 0.6) is 28.7 Å². The van der Waals surface area contributed by atoms with Crippen molar-refractivity contribution in [1.29, 1.82) is 0 Å². The van der Waals surface area contributed by atoms with Crippen molar-refractivity contribution < 1.29 is 33.2 Å². The van der Waals surface area contributed by atoms with Gasteiger partial charge in [0.2, 0.25) is 17.0 Å². The van der Waals surface area contributed by atoms with Gasteiger partial charge < -0.3 is 33.2 Å². The molecule has 3 heterocycles. The zero-order valence-corrected chi connectivity index (χ0v) is 17.2. The molecule has 8 nitrogen and oxygen atoms in total. The van der Waals surface area contributed by atoms with Gasteiger partial charge in [-0.25, -0.2) is 0 Å². The molecule has 3 aromatic rings. The quantitative estimate of drug-likeness (QED) is 0.642. The molecule has 2 aliphatic heterocycles. The molecule has 8 heteroatoms. The lowest BCUT2D eigenvalue weighted by atomic mass is 9.91. The minimum Gasteiger partial charge on any atom is -0.506 e. The minimum atomic E-state index is -0.822. The Morgan fingerprint density at radius 3 is 2.57 bits per heavy atom. The van der Waals surface area contributed by atoms with Gasteiger partial charge >= 0.3 is 0 Å². The van der Waals surface area contributed by atoms with Crippen molar-refractivity contribution in [2.45, 2.75) is 38.1 Å². The van der Waals surface area contributed by atoms with E-state index in [-0.39, 0.29) is 39.2 Å². The van der Waals surface area contributed by atoms with E-state index in [2.05, 4.69) is 0 Å². The second-order valence-electron chi connectivity index (χ2n) is 7.67. The fourth-order valence-corrected chi connectivity index (χ4v) is 4.55. The van der Waals surface area contributed by atoms with Crippen LogP contribution in [0.4, 0.5) is 0 Å². The van der Waals surface area contributed by atoms with Crippen LogP contribution in [0.3, 0.4) is 0 Å². The molecule has 158 valence electrons. The first kappa shape index (κ1) is 18.9. The number of rotatable bonds is 3. The molecule has 0 amide bonds. The van der Waals surface area contributed by atoms with Crippen LogP contribution in [-0.2, 0) is 4.74 Å². The SMILES string of the molecule is COc1ccc2oc3c(OC)c4c(c(O)c3c(=O)c2c1OC)[C@@H]1CCC[C@](C)(O4)O1. The molecule has 5 rings (SSSR count). The fourth-order valence-electron chi connectivity index (χ4n) is 4.55. The fraction of sp³-hybridized carbons (Fsp3) is 0.409. The highest BCUT2D eigenvalue weighted by Crippen LogP contribution is 2.56. The molecule has 0 unspecified atom stereocenters. The van der Waals surface area contributed by atoms with Crippen molar-refractivity contribution in [3.05, 3.63) is 27.9 Å². The van der Waals surface area contributed by atoms with Crippen molar-refractivity contribution in [2.75, 3.05) is 21.3 Å². The summed E-state index contributed by atoms with van der Waals surface area (Å²) in [5, 5.41) is 11.4. The first-order chi connectivity index (χ1) is 14.4. The van der Waals surface area contributed by atoms with E-state index < -0.39 is 17.3 Å². The van der Waals surface area contributed by atoms with Crippen LogP contribution >= 0.6 is 0 Å². The highest BCUT2D eigenvalue weighted by molar-refractivity contribution is 6.01. The Balaban J connectivity index is 1.95. The van der Waals surface area contributed by atoms with Crippen molar-refractivity contribution in [2.24, 2.45) is 0 Å². The molecule has 2 bridgehead atoms. The monoisotopic (exact) mass is 414 g/mol.